The molecule has 1 fully saturated rings. The molecule has 1 aliphatic carbocycles. The van der Waals surface area contributed by atoms with Gasteiger partial charge in [-0.15, -0.1) is 11.3 Å². The highest BCUT2D eigenvalue weighted by molar-refractivity contribution is 7.09. The van der Waals surface area contributed by atoms with Crippen LogP contribution >= 0.6 is 11.3 Å². The zero-order chi connectivity index (χ0) is 24.2. The number of thiophene rings is 1. The molecule has 0 radical (unpaired) electrons. The van der Waals surface area contributed by atoms with Crippen LogP contribution in [-0.2, 0) is 29.7 Å². The lowest BCUT2D eigenvalue weighted by atomic mass is 9.89. The normalized spacial score (nSPS) is 26.7. The molecule has 0 amide bonds. The first-order valence-electron chi connectivity index (χ1n) is 11.4. The Balaban J connectivity index is 1.98. The monoisotopic (exact) mass is 496 g/mol. The lowest BCUT2D eigenvalue weighted by Gasteiger charge is -2.44. The number of fused-ring (bicyclic) bond motifs is 2. The Hall–Kier alpha value is -0.936. The molecule has 2 aliphatic rings. The van der Waals surface area contributed by atoms with Gasteiger partial charge in [-0.25, -0.2) is 4.79 Å². The van der Waals surface area contributed by atoms with Gasteiger partial charge in [-0.1, -0.05) is 47.6 Å². The number of carbonyl (C=O) groups is 1. The summed E-state index contributed by atoms with van der Waals surface area (Å²) >= 11 is 1.65. The fourth-order valence-corrected chi connectivity index (χ4v) is 6.78. The second kappa shape index (κ2) is 8.38. The van der Waals surface area contributed by atoms with Gasteiger partial charge in [-0.3, -0.25) is 0 Å². The standard InChI is InChI=1S/C24H40O5SSi2/c1-22(2,3)31(7,8)28-20-18(26-16-17-12-11-13-30-17)14-24(15-19(20)27-21(24)25)29-32(9,10)23(4,5)6/h11-14,19-20H,15-16H2,1-10H3/t19-,20-,24+/m1/s1. The average Bonchev–Trinajstić information content (AvgIpc) is 3.21. The van der Waals surface area contributed by atoms with Gasteiger partial charge in [0.15, 0.2) is 22.2 Å². The first kappa shape index (κ1) is 25.7. The summed E-state index contributed by atoms with van der Waals surface area (Å²) in [6, 6.07) is 4.07. The predicted molar refractivity (Wildman–Crippen MR) is 135 cm³/mol. The van der Waals surface area contributed by atoms with E-state index >= 15 is 0 Å². The maximum atomic E-state index is 13.2. The van der Waals surface area contributed by atoms with E-state index in [0.717, 1.165) is 4.88 Å². The minimum Gasteiger partial charge on any atom is -0.490 e. The van der Waals surface area contributed by atoms with Crippen LogP contribution in [0.3, 0.4) is 0 Å². The highest BCUT2D eigenvalue weighted by Gasteiger charge is 2.60. The topological polar surface area (TPSA) is 54.0 Å². The second-order valence-electron chi connectivity index (χ2n) is 12.1. The first-order chi connectivity index (χ1) is 14.5. The number of hydrogen-bond acceptors (Lipinski definition) is 6. The van der Waals surface area contributed by atoms with E-state index in [-0.39, 0.29) is 16.0 Å². The van der Waals surface area contributed by atoms with Gasteiger partial charge in [0, 0.05) is 11.3 Å². The molecule has 0 saturated carbocycles. The van der Waals surface area contributed by atoms with Crippen LogP contribution in [0.15, 0.2) is 29.3 Å². The number of carbonyl (C=O) groups excluding carboxylic acids is 1. The molecule has 3 atom stereocenters. The van der Waals surface area contributed by atoms with Gasteiger partial charge >= 0.3 is 5.97 Å². The van der Waals surface area contributed by atoms with Gasteiger partial charge in [0.1, 0.15) is 24.6 Å². The summed E-state index contributed by atoms with van der Waals surface area (Å²) in [6.07, 6.45) is 1.55. The fourth-order valence-electron chi connectivity index (χ4n) is 3.47. The molecule has 2 heterocycles. The SMILES string of the molecule is CC(C)(C)[Si](C)(C)O[C@@H]1C(OCc2cccs2)=C[C@]2(O[Si](C)(C)C(C)(C)C)C[C@H]1OC2=O. The molecule has 32 heavy (non-hydrogen) atoms. The Bertz CT molecular complexity index is 864. The summed E-state index contributed by atoms with van der Waals surface area (Å²) in [5.74, 6) is 0.356. The largest absolute Gasteiger partial charge is 0.490 e. The molecular formula is C24H40O5SSi2. The van der Waals surface area contributed by atoms with Crippen LogP contribution in [0.25, 0.3) is 0 Å². The Kier molecular flexibility index (Phi) is 6.72. The van der Waals surface area contributed by atoms with Crippen molar-refractivity contribution in [3.05, 3.63) is 34.2 Å². The Morgan fingerprint density at radius 1 is 1.09 bits per heavy atom. The summed E-state index contributed by atoms with van der Waals surface area (Å²) < 4.78 is 25.7. The Morgan fingerprint density at radius 2 is 1.72 bits per heavy atom. The van der Waals surface area contributed by atoms with Crippen molar-refractivity contribution in [2.24, 2.45) is 0 Å². The summed E-state index contributed by atoms with van der Waals surface area (Å²) in [4.78, 5) is 14.3. The first-order valence-corrected chi connectivity index (χ1v) is 18.1. The third-order valence-electron chi connectivity index (χ3n) is 7.53. The summed E-state index contributed by atoms with van der Waals surface area (Å²) in [5, 5.41) is 2.04. The summed E-state index contributed by atoms with van der Waals surface area (Å²) in [7, 11) is -4.37. The zero-order valence-corrected chi connectivity index (χ0v) is 24.1. The van der Waals surface area contributed by atoms with Crippen LogP contribution < -0.4 is 0 Å². The van der Waals surface area contributed by atoms with Crippen molar-refractivity contribution in [2.45, 2.75) is 109 Å². The predicted octanol–water partition coefficient (Wildman–Crippen LogP) is 6.63. The van der Waals surface area contributed by atoms with Gasteiger partial charge in [-0.05, 0) is 53.8 Å². The molecule has 0 N–H and O–H groups in total. The van der Waals surface area contributed by atoms with Crippen molar-refractivity contribution in [1.29, 1.82) is 0 Å². The van der Waals surface area contributed by atoms with E-state index < -0.39 is 34.4 Å². The molecule has 5 nitrogen and oxygen atoms in total. The molecule has 3 rings (SSSR count). The van der Waals surface area contributed by atoms with Crippen molar-refractivity contribution < 1.29 is 23.1 Å². The van der Waals surface area contributed by atoms with E-state index in [4.69, 9.17) is 18.3 Å². The molecular weight excluding hydrogens is 456 g/mol. The van der Waals surface area contributed by atoms with E-state index in [9.17, 15) is 4.79 Å². The van der Waals surface area contributed by atoms with Crippen LogP contribution in [0, 0.1) is 0 Å². The molecule has 2 bridgehead atoms. The van der Waals surface area contributed by atoms with E-state index in [1.165, 1.54) is 0 Å². The van der Waals surface area contributed by atoms with Gasteiger partial charge < -0.3 is 18.3 Å². The van der Waals surface area contributed by atoms with Crippen molar-refractivity contribution in [3.8, 4) is 0 Å². The van der Waals surface area contributed by atoms with Crippen LogP contribution in [0.4, 0.5) is 0 Å². The number of hydrogen-bond donors (Lipinski definition) is 0. The summed E-state index contributed by atoms with van der Waals surface area (Å²) in [6.45, 7) is 22.4. The van der Waals surface area contributed by atoms with E-state index in [1.54, 1.807) is 11.3 Å². The minimum absolute atomic E-state index is 0.0273. The highest BCUT2D eigenvalue weighted by Crippen LogP contribution is 2.48. The van der Waals surface area contributed by atoms with Gasteiger partial charge in [-0.2, -0.15) is 0 Å². The minimum atomic E-state index is -2.24. The Morgan fingerprint density at radius 3 is 2.25 bits per heavy atom. The molecule has 1 saturated heterocycles. The molecule has 1 aliphatic heterocycles. The Labute approximate surface area is 199 Å². The second-order valence-corrected chi connectivity index (χ2v) is 22.6. The van der Waals surface area contributed by atoms with Crippen molar-refractivity contribution >= 4 is 33.9 Å². The lowest BCUT2D eigenvalue weighted by molar-refractivity contribution is -0.151. The van der Waals surface area contributed by atoms with Crippen LogP contribution in [0.2, 0.25) is 36.3 Å². The maximum absolute atomic E-state index is 13.2. The van der Waals surface area contributed by atoms with Crippen LogP contribution in [-0.4, -0.2) is 40.4 Å². The fraction of sp³-hybridized carbons (Fsp3) is 0.708. The van der Waals surface area contributed by atoms with Crippen LogP contribution in [0.1, 0.15) is 52.8 Å². The van der Waals surface area contributed by atoms with Gasteiger partial charge in [0.25, 0.3) is 0 Å². The third kappa shape index (κ3) is 4.94. The molecule has 0 unspecified atom stereocenters. The average molecular weight is 497 g/mol. The van der Waals surface area contributed by atoms with Gasteiger partial charge in [0.05, 0.1) is 0 Å². The molecule has 1 aromatic heterocycles. The van der Waals surface area contributed by atoms with Crippen molar-refractivity contribution in [3.63, 3.8) is 0 Å². The highest BCUT2D eigenvalue weighted by atomic mass is 32.1. The van der Waals surface area contributed by atoms with E-state index in [2.05, 4.69) is 73.8 Å². The van der Waals surface area contributed by atoms with Crippen molar-refractivity contribution in [1.82, 2.24) is 0 Å². The number of esters is 1. The molecule has 180 valence electrons. The number of ether oxygens (including phenoxy) is 2. The van der Waals surface area contributed by atoms with Crippen LogP contribution in [0.5, 0.6) is 0 Å². The summed E-state index contributed by atoms with van der Waals surface area (Å²) in [5.41, 5.74) is -1.09. The van der Waals surface area contributed by atoms with E-state index in [1.807, 2.05) is 17.5 Å². The zero-order valence-electron chi connectivity index (χ0n) is 21.3. The van der Waals surface area contributed by atoms with Gasteiger partial charge in [0.2, 0.25) is 0 Å². The molecule has 0 spiro atoms. The molecule has 0 aromatic carbocycles. The third-order valence-corrected chi connectivity index (χ3v) is 17.3. The smallest absolute Gasteiger partial charge is 0.342 e. The molecule has 1 aromatic rings. The molecule has 8 heteroatoms. The number of rotatable bonds is 7. The quantitative estimate of drug-likeness (QED) is 0.313. The maximum Gasteiger partial charge on any atom is 0.342 e. The lowest BCUT2D eigenvalue weighted by Crippen LogP contribution is -2.54. The van der Waals surface area contributed by atoms with Crippen molar-refractivity contribution in [2.75, 3.05) is 0 Å². The van der Waals surface area contributed by atoms with E-state index in [0.29, 0.717) is 18.8 Å².